The molecule has 614 valence electrons. The molecule has 112 heavy (non-hydrogen) atoms. The fourth-order valence-electron chi connectivity index (χ4n) is 11.5. The minimum atomic E-state index is -1.66. The molecule has 4 rings (SSSR count). The predicted octanol–water partition coefficient (Wildman–Crippen LogP) is 3.15. The maximum Gasteiger partial charge on any atom is 0.404 e. The zero-order valence-electron chi connectivity index (χ0n) is 62.7. The minimum absolute atomic E-state index is 0.0289. The van der Waals surface area contributed by atoms with Gasteiger partial charge in [0, 0.05) is 104 Å². The van der Waals surface area contributed by atoms with Gasteiger partial charge in [-0.05, 0) is 91.0 Å². The van der Waals surface area contributed by atoms with Crippen molar-refractivity contribution in [1.82, 2.24) is 36.9 Å². The van der Waals surface area contributed by atoms with E-state index < -0.39 is 212 Å². The average molecular weight is 1640 g/mol. The van der Waals surface area contributed by atoms with Crippen LogP contribution in [0.2, 0.25) is 0 Å². The number of ketones is 5. The number of aromatic amines is 1. The lowest BCUT2D eigenvalue weighted by Crippen LogP contribution is -2.49. The minimum Gasteiger partial charge on any atom is -0.508 e. The first kappa shape index (κ1) is 95.0. The Morgan fingerprint density at radius 3 is 1.59 bits per heavy atom. The van der Waals surface area contributed by atoms with Gasteiger partial charge in [0.25, 0.3) is 0 Å². The molecule has 33 nitrogen and oxygen atoms in total. The van der Waals surface area contributed by atoms with E-state index in [0.717, 1.165) is 5.39 Å². The molecule has 0 aliphatic carbocycles. The first-order chi connectivity index (χ1) is 53.4. The van der Waals surface area contributed by atoms with Crippen molar-refractivity contribution in [2.24, 2.45) is 40.9 Å². The van der Waals surface area contributed by atoms with Crippen LogP contribution in [0.4, 0.5) is 4.79 Å². The predicted molar refractivity (Wildman–Crippen MR) is 420 cm³/mol. The van der Waals surface area contributed by atoms with E-state index in [2.05, 4.69) is 36.9 Å². The van der Waals surface area contributed by atoms with Crippen molar-refractivity contribution >= 4 is 150 Å². The number of aliphatic carboxylic acids is 3. The van der Waals surface area contributed by atoms with Crippen molar-refractivity contribution < 1.29 is 111 Å². The van der Waals surface area contributed by atoms with Crippen LogP contribution in [-0.2, 0) is 105 Å². The number of primary amides is 2. The number of aromatic nitrogens is 1. The Morgan fingerprint density at radius 1 is 0.473 bits per heavy atom. The van der Waals surface area contributed by atoms with Crippen LogP contribution in [0.5, 0.6) is 5.75 Å². The largest absolute Gasteiger partial charge is 0.508 e. The molecule has 0 bridgehead atoms. The summed E-state index contributed by atoms with van der Waals surface area (Å²) in [4.78, 5) is 215. The number of rotatable bonds is 60. The number of carbonyl (C=O) groups is 16. The Bertz CT molecular complexity index is 3820. The number of carboxylic acid groups (broad SMARTS) is 3. The van der Waals surface area contributed by atoms with Gasteiger partial charge in [-0.15, -0.1) is 0 Å². The zero-order valence-corrected chi connectivity index (χ0v) is 65.9. The molecule has 0 fully saturated rings. The fourth-order valence-corrected chi connectivity index (χ4v) is 14.6. The molecule has 0 saturated carbocycles. The molecule has 1 heterocycles. The molecule has 0 unspecified atom stereocenters. The SMILES string of the molecule is CC[C@H](N)C(=O)N[C@@H](CC(=O)O)C(=O)C[C@@H](CSSCCOC(N)=O)C(=O)NCCOCCOCCC(=O)N[C@@H](CC(=O)O)C(=O)C[C@@H](Cc1ccc(O)cc1)C(=O)N[C@@H](CCSC)C(=O)CCC(=O)N[C@@H](Cc1c[nH]c2ccccc12)C(=O)C[C@@H](CCSC)C(=O)N[C@@H](CC(=O)O)C(=O)C[C@@H](Cc1ccccc1)C(N)=O. The maximum absolute atomic E-state index is 14.7. The van der Waals surface area contributed by atoms with Crippen molar-refractivity contribution in [2.75, 3.05) is 75.1 Å². The van der Waals surface area contributed by atoms with Crippen LogP contribution >= 0.6 is 45.1 Å². The normalized spacial score (nSPS) is 13.9. The van der Waals surface area contributed by atoms with Gasteiger partial charge in [0.2, 0.25) is 41.4 Å². The van der Waals surface area contributed by atoms with Crippen molar-refractivity contribution in [3.63, 3.8) is 0 Å². The summed E-state index contributed by atoms with van der Waals surface area (Å²) in [5, 5.41) is 55.5. The molecule has 37 heteroatoms. The second-order valence-electron chi connectivity index (χ2n) is 26.3. The number of aromatic hydroxyl groups is 1. The summed E-state index contributed by atoms with van der Waals surface area (Å²) in [7, 11) is 2.39. The summed E-state index contributed by atoms with van der Waals surface area (Å²) in [5.41, 5.74) is 18.9. The number of carbonyl (C=O) groups excluding carboxylic acids is 13. The molecule has 0 aliphatic heterocycles. The van der Waals surface area contributed by atoms with Crippen LogP contribution in [0.25, 0.3) is 10.9 Å². The number of H-pyrrole nitrogens is 1. The molecule has 8 amide bonds. The van der Waals surface area contributed by atoms with Gasteiger partial charge < -0.3 is 88.7 Å². The van der Waals surface area contributed by atoms with Crippen LogP contribution in [0.1, 0.15) is 107 Å². The standard InChI is InChI=1S/C75H102N10O23S4/c1-4-53(76)74(104)85-59(41-69(98)99)64(91)38-50(43-112-111-31-28-108-75(78)105)71(101)79-23-25-107-27-26-106-24-20-66(93)82-57(39-67(94)95)63(90)37-48(33-45-14-16-51(86)17-15-45)73(103)83-55(22-30-110-3)60(87)18-19-65(92)81-56(34-49-42-80-54-13-9-8-12-52(49)54)61(88)35-46(21-29-109-2)72(102)84-58(40-68(96)97)62(89)36-47(70(77)100)32-44-10-6-5-7-11-44/h5-17,42,46-48,50,53,55-59,80,86H,4,18-41,43,76H2,1-3H3,(H2,77,100)(H2,78,105)(H,79,101)(H,81,92)(H,82,93)(H,83,103)(H,84,102)(H,85,104)(H,94,95)(H,96,97)(H,98,99)/t46-,47-,48-,50+,53+,55+,56+,57+,58+,59+/m1/s1. The van der Waals surface area contributed by atoms with E-state index in [9.17, 15) is 97.1 Å². The number of Topliss-reactive ketones (excluding diaryl/α,β-unsaturated/α-hetero) is 5. The zero-order chi connectivity index (χ0) is 82.7. The number of nitrogens with one attached hydrogen (secondary N) is 7. The number of phenolic OH excluding ortho intramolecular Hbond substituents is 1. The Labute approximate surface area is 664 Å². The third kappa shape index (κ3) is 36.8. The molecule has 0 aliphatic rings. The van der Waals surface area contributed by atoms with Crippen molar-refractivity contribution in [3.05, 3.63) is 102 Å². The van der Waals surface area contributed by atoms with Crippen LogP contribution in [-0.4, -0.2) is 231 Å². The maximum atomic E-state index is 14.7. The second-order valence-corrected chi connectivity index (χ2v) is 30.9. The molecule has 0 saturated heterocycles. The second kappa shape index (κ2) is 52.0. The van der Waals surface area contributed by atoms with Crippen LogP contribution in [0.3, 0.4) is 0 Å². The number of hydrogen-bond donors (Lipinski definition) is 14. The lowest BCUT2D eigenvalue weighted by molar-refractivity contribution is -0.141. The third-order valence-electron chi connectivity index (χ3n) is 17.7. The summed E-state index contributed by atoms with van der Waals surface area (Å²) in [6.45, 7) is 1.12. The van der Waals surface area contributed by atoms with Gasteiger partial charge in [-0.25, -0.2) is 4.79 Å². The number of phenols is 1. The van der Waals surface area contributed by atoms with Gasteiger partial charge in [-0.1, -0.05) is 89.2 Å². The van der Waals surface area contributed by atoms with Crippen LogP contribution in [0, 0.1) is 23.7 Å². The van der Waals surface area contributed by atoms with Crippen LogP contribution < -0.4 is 49.1 Å². The van der Waals surface area contributed by atoms with Gasteiger partial charge in [0.1, 0.15) is 12.4 Å². The van der Waals surface area contributed by atoms with E-state index in [1.807, 2.05) is 0 Å². The van der Waals surface area contributed by atoms with E-state index in [0.29, 0.717) is 33.7 Å². The van der Waals surface area contributed by atoms with Crippen molar-refractivity contribution in [3.8, 4) is 5.75 Å². The number of nitrogens with two attached hydrogens (primary N) is 3. The van der Waals surface area contributed by atoms with Gasteiger partial charge in [-0.2, -0.15) is 23.5 Å². The molecule has 10 atom stereocenters. The number of amides is 8. The highest BCUT2D eigenvalue weighted by atomic mass is 33.1. The topological polar surface area (TPSA) is 548 Å². The number of benzene rings is 3. The first-order valence-electron chi connectivity index (χ1n) is 36.2. The van der Waals surface area contributed by atoms with Gasteiger partial charge >= 0.3 is 24.0 Å². The highest BCUT2D eigenvalue weighted by Crippen LogP contribution is 2.28. The Balaban J connectivity index is 1.41. The monoisotopic (exact) mass is 1640 g/mol. The molecular weight excluding hydrogens is 1540 g/mol. The van der Waals surface area contributed by atoms with E-state index in [-0.39, 0.29) is 102 Å². The Morgan fingerprint density at radius 2 is 0.982 bits per heavy atom. The molecular formula is C75H102N10O23S4. The third-order valence-corrected chi connectivity index (χ3v) is 21.4. The van der Waals surface area contributed by atoms with E-state index >= 15 is 0 Å². The van der Waals surface area contributed by atoms with Gasteiger partial charge in [0.15, 0.2) is 28.9 Å². The summed E-state index contributed by atoms with van der Waals surface area (Å²) in [6.07, 6.45) is -1.58. The molecule has 3 aromatic carbocycles. The molecule has 4 aromatic rings. The fraction of sp³-hybridized carbons (Fsp3) is 0.520. The van der Waals surface area contributed by atoms with E-state index in [1.165, 1.54) is 69.4 Å². The number of ether oxygens (including phenoxy) is 3. The number of thioether (sulfide) groups is 2. The van der Waals surface area contributed by atoms with Crippen molar-refractivity contribution in [1.29, 1.82) is 0 Å². The summed E-state index contributed by atoms with van der Waals surface area (Å²) >= 11 is 2.70. The smallest absolute Gasteiger partial charge is 0.404 e. The molecule has 1 aromatic heterocycles. The molecule has 0 radical (unpaired) electrons. The summed E-state index contributed by atoms with van der Waals surface area (Å²) in [6, 6.07) is 13.2. The highest BCUT2D eigenvalue weighted by molar-refractivity contribution is 8.76. The number of para-hydroxylation sites is 1. The van der Waals surface area contributed by atoms with Gasteiger partial charge in [0.05, 0.1) is 87.9 Å². The highest BCUT2D eigenvalue weighted by Gasteiger charge is 2.36. The first-order valence-corrected chi connectivity index (χ1v) is 41.5. The Hall–Kier alpha value is -9.40. The summed E-state index contributed by atoms with van der Waals surface area (Å²) in [5.74, 6) is -16.8. The quantitative estimate of drug-likeness (QED) is 0.0223. The molecule has 17 N–H and O–H groups in total. The lowest BCUT2D eigenvalue weighted by Gasteiger charge is -2.24. The van der Waals surface area contributed by atoms with Crippen molar-refractivity contribution in [2.45, 2.75) is 146 Å². The number of carboxylic acids is 3. The van der Waals surface area contributed by atoms with E-state index in [4.69, 9.17) is 31.4 Å². The number of hydrogen-bond acceptors (Lipinski definition) is 25. The Kier molecular flexibility index (Phi) is 44.1. The van der Waals surface area contributed by atoms with Crippen LogP contribution in [0.15, 0.2) is 85.1 Å². The van der Waals surface area contributed by atoms with E-state index in [1.54, 1.807) is 80.2 Å². The lowest BCUT2D eigenvalue weighted by atomic mass is 9.89. The van der Waals surface area contributed by atoms with Gasteiger partial charge in [-0.3, -0.25) is 71.9 Å². The average Bonchev–Trinajstić information content (AvgIpc) is 1.67. The summed E-state index contributed by atoms with van der Waals surface area (Å²) < 4.78 is 15.8. The molecule has 0 spiro atoms. The number of fused-ring (bicyclic) bond motifs is 1.